The van der Waals surface area contributed by atoms with Crippen LogP contribution in [0.2, 0.25) is 10.0 Å². The number of amides is 2. The van der Waals surface area contributed by atoms with E-state index in [1.165, 1.54) is 6.33 Å². The number of carbonyl (C=O) groups is 2. The zero-order valence-electron chi connectivity index (χ0n) is 23.6. The molecule has 6 rings (SSSR count). The van der Waals surface area contributed by atoms with Crippen molar-refractivity contribution in [3.63, 3.8) is 0 Å². The fourth-order valence-electron chi connectivity index (χ4n) is 5.47. The number of aromatic nitrogens is 4. The Labute approximate surface area is 259 Å². The lowest BCUT2D eigenvalue weighted by Crippen LogP contribution is -2.28. The van der Waals surface area contributed by atoms with Gasteiger partial charge in [0.15, 0.2) is 0 Å². The van der Waals surface area contributed by atoms with Crippen molar-refractivity contribution in [2.45, 2.75) is 44.7 Å². The summed E-state index contributed by atoms with van der Waals surface area (Å²) in [5, 5.41) is 8.14. The molecular weight excluding hydrogens is 585 g/mol. The van der Waals surface area contributed by atoms with E-state index in [1.807, 2.05) is 48.2 Å². The monoisotopic (exact) mass is 615 g/mol. The van der Waals surface area contributed by atoms with Crippen LogP contribution in [-0.2, 0) is 4.79 Å². The highest BCUT2D eigenvalue weighted by Crippen LogP contribution is 2.32. The number of H-pyrrole nitrogens is 1. The molecule has 2 aromatic heterocycles. The number of benzene rings is 3. The van der Waals surface area contributed by atoms with Crippen LogP contribution in [0, 0.1) is 0 Å². The normalized spacial score (nSPS) is 14.6. The minimum atomic E-state index is -0.410. The highest BCUT2D eigenvalue weighted by Gasteiger charge is 2.24. The van der Waals surface area contributed by atoms with Crippen LogP contribution in [0.1, 0.15) is 66.4 Å². The number of nitrogens with zero attached hydrogens (tertiary/aromatic N) is 4. The first kappa shape index (κ1) is 28.9. The average Bonchev–Trinajstić information content (AvgIpc) is 3.70. The molecule has 43 heavy (non-hydrogen) atoms. The maximum atomic E-state index is 13.1. The fraction of sp³-hybridized carbons (Fsp3) is 0.281. The molecule has 3 N–H and O–H groups in total. The minimum absolute atomic E-state index is 0.0806. The number of hydrogen-bond donors (Lipinski definition) is 3. The van der Waals surface area contributed by atoms with Crippen molar-refractivity contribution in [3.8, 4) is 0 Å². The molecule has 1 saturated heterocycles. The molecule has 2 atom stereocenters. The maximum Gasteiger partial charge on any atom is 0.255 e. The van der Waals surface area contributed by atoms with Gasteiger partial charge in [0.05, 0.1) is 39.2 Å². The number of aromatic amines is 1. The van der Waals surface area contributed by atoms with E-state index in [2.05, 4.69) is 25.6 Å². The van der Waals surface area contributed by atoms with Crippen LogP contribution in [0.25, 0.3) is 21.9 Å². The first-order valence-corrected chi connectivity index (χ1v) is 15.1. The molecule has 1 aliphatic heterocycles. The highest BCUT2D eigenvalue weighted by molar-refractivity contribution is 6.35. The van der Waals surface area contributed by atoms with Crippen molar-refractivity contribution in [2.75, 3.05) is 18.4 Å². The fourth-order valence-corrected chi connectivity index (χ4v) is 5.88. The topological polar surface area (TPSA) is 116 Å². The summed E-state index contributed by atoms with van der Waals surface area (Å²) in [6.07, 6.45) is 4.10. The number of likely N-dealkylation sites (tertiary alicyclic amines) is 1. The lowest BCUT2D eigenvalue weighted by Gasteiger charge is -2.20. The lowest BCUT2D eigenvalue weighted by molar-refractivity contribution is -0.121. The van der Waals surface area contributed by atoms with E-state index in [0.29, 0.717) is 44.6 Å². The van der Waals surface area contributed by atoms with Crippen LogP contribution in [0.4, 0.5) is 5.82 Å². The molecule has 9 nitrogen and oxygen atoms in total. The van der Waals surface area contributed by atoms with Gasteiger partial charge in [0.2, 0.25) is 5.91 Å². The molecule has 0 radical (unpaired) electrons. The maximum absolute atomic E-state index is 13.1. The summed E-state index contributed by atoms with van der Waals surface area (Å²) < 4.78 is 0. The summed E-state index contributed by atoms with van der Waals surface area (Å²) in [6.45, 7) is 3.42. The molecule has 220 valence electrons. The molecule has 3 heterocycles. The molecule has 1 fully saturated rings. The van der Waals surface area contributed by atoms with Crippen molar-refractivity contribution >= 4 is 62.8 Å². The Morgan fingerprint density at radius 3 is 2.58 bits per heavy atom. The highest BCUT2D eigenvalue weighted by atomic mass is 35.5. The SMILES string of the molecule is CC(NC(=O)CCC(Nc1ncnc2cc(C(=O)N3CCCC3)c(Cl)cc12)c1nc2cc(Cl)ccc2[nH]1)c1ccccc1. The standard InChI is InChI=1S/C32H31Cl2N7O2/c1-19(20-7-3-2-4-8-20)37-29(42)12-11-26(31-38-25-10-9-21(33)15-28(25)40-31)39-30-23-16-24(34)22(17-27(23)35-18-36-30)32(43)41-13-5-6-14-41/h2-4,7-10,15-19,26H,5-6,11-14H2,1H3,(H,37,42)(H,38,40)(H,35,36,39). The summed E-state index contributed by atoms with van der Waals surface area (Å²) in [6, 6.07) is 18.2. The second kappa shape index (κ2) is 12.6. The van der Waals surface area contributed by atoms with Gasteiger partial charge in [0.1, 0.15) is 18.0 Å². The van der Waals surface area contributed by atoms with Crippen molar-refractivity contribution in [3.05, 3.63) is 94.0 Å². The van der Waals surface area contributed by atoms with Crippen LogP contribution >= 0.6 is 23.2 Å². The lowest BCUT2D eigenvalue weighted by atomic mass is 10.1. The Balaban J connectivity index is 1.27. The zero-order chi connectivity index (χ0) is 29.9. The Morgan fingerprint density at radius 1 is 1.00 bits per heavy atom. The van der Waals surface area contributed by atoms with Gasteiger partial charge < -0.3 is 20.5 Å². The number of fused-ring (bicyclic) bond motifs is 2. The van der Waals surface area contributed by atoms with Gasteiger partial charge in [-0.1, -0.05) is 53.5 Å². The van der Waals surface area contributed by atoms with Gasteiger partial charge in [-0.3, -0.25) is 9.59 Å². The molecule has 0 spiro atoms. The van der Waals surface area contributed by atoms with Gasteiger partial charge >= 0.3 is 0 Å². The predicted octanol–water partition coefficient (Wildman–Crippen LogP) is 6.86. The van der Waals surface area contributed by atoms with Crippen molar-refractivity contribution in [1.29, 1.82) is 0 Å². The van der Waals surface area contributed by atoms with E-state index >= 15 is 0 Å². The van der Waals surface area contributed by atoms with E-state index < -0.39 is 6.04 Å². The van der Waals surface area contributed by atoms with Crippen LogP contribution in [0.15, 0.2) is 67.0 Å². The predicted molar refractivity (Wildman–Crippen MR) is 169 cm³/mol. The van der Waals surface area contributed by atoms with E-state index in [-0.39, 0.29) is 24.3 Å². The van der Waals surface area contributed by atoms with Gasteiger partial charge in [-0.05, 0) is 62.1 Å². The zero-order valence-corrected chi connectivity index (χ0v) is 25.1. The Bertz CT molecular complexity index is 1790. The third-order valence-corrected chi connectivity index (χ3v) is 8.34. The minimum Gasteiger partial charge on any atom is -0.359 e. The second-order valence-corrected chi connectivity index (χ2v) is 11.6. The van der Waals surface area contributed by atoms with E-state index in [9.17, 15) is 9.59 Å². The van der Waals surface area contributed by atoms with E-state index in [4.69, 9.17) is 28.2 Å². The summed E-state index contributed by atoms with van der Waals surface area (Å²) in [4.78, 5) is 45.0. The number of imidazole rings is 1. The molecule has 5 aromatic rings. The van der Waals surface area contributed by atoms with Crippen LogP contribution < -0.4 is 10.6 Å². The number of anilines is 1. The summed E-state index contributed by atoms with van der Waals surface area (Å²) in [7, 11) is 0. The smallest absolute Gasteiger partial charge is 0.255 e. The van der Waals surface area contributed by atoms with Gasteiger partial charge in [-0.25, -0.2) is 15.0 Å². The van der Waals surface area contributed by atoms with Gasteiger partial charge in [0, 0.05) is 29.9 Å². The van der Waals surface area contributed by atoms with E-state index in [0.717, 1.165) is 42.5 Å². The van der Waals surface area contributed by atoms with Crippen LogP contribution in [-0.4, -0.2) is 49.7 Å². The number of rotatable bonds is 9. The number of hydrogen-bond acceptors (Lipinski definition) is 6. The van der Waals surface area contributed by atoms with Gasteiger partial charge in [-0.2, -0.15) is 0 Å². The number of halogens is 2. The molecule has 0 saturated carbocycles. The molecule has 3 aromatic carbocycles. The van der Waals surface area contributed by atoms with Crippen LogP contribution in [0.5, 0.6) is 0 Å². The Hall–Kier alpha value is -4.21. The summed E-state index contributed by atoms with van der Waals surface area (Å²) in [5.74, 6) is 0.989. The average molecular weight is 617 g/mol. The Morgan fingerprint density at radius 2 is 1.79 bits per heavy atom. The Kier molecular flexibility index (Phi) is 8.44. The van der Waals surface area contributed by atoms with Crippen molar-refractivity contribution in [2.24, 2.45) is 0 Å². The summed E-state index contributed by atoms with van der Waals surface area (Å²) in [5.41, 5.74) is 3.60. The largest absolute Gasteiger partial charge is 0.359 e. The van der Waals surface area contributed by atoms with Gasteiger partial charge in [0.25, 0.3) is 5.91 Å². The van der Waals surface area contributed by atoms with Crippen LogP contribution in [0.3, 0.4) is 0 Å². The van der Waals surface area contributed by atoms with Crippen molar-refractivity contribution in [1.82, 2.24) is 30.2 Å². The van der Waals surface area contributed by atoms with Gasteiger partial charge in [-0.15, -0.1) is 0 Å². The van der Waals surface area contributed by atoms with E-state index in [1.54, 1.807) is 24.3 Å². The number of carbonyl (C=O) groups excluding carboxylic acids is 2. The quantitative estimate of drug-likeness (QED) is 0.167. The number of nitrogens with one attached hydrogen (secondary N) is 3. The second-order valence-electron chi connectivity index (χ2n) is 10.8. The molecular formula is C32H31Cl2N7O2. The molecule has 2 unspecified atom stereocenters. The molecule has 1 aliphatic rings. The molecule has 11 heteroatoms. The summed E-state index contributed by atoms with van der Waals surface area (Å²) >= 11 is 12.9. The first-order chi connectivity index (χ1) is 20.9. The third kappa shape index (κ3) is 6.43. The van der Waals surface area contributed by atoms with Crippen molar-refractivity contribution < 1.29 is 9.59 Å². The molecule has 0 aliphatic carbocycles. The first-order valence-electron chi connectivity index (χ1n) is 14.4. The molecule has 2 amide bonds. The molecule has 0 bridgehead atoms. The third-order valence-electron chi connectivity index (χ3n) is 7.79.